The maximum absolute atomic E-state index is 11.5. The molecule has 1 atom stereocenters. The van der Waals surface area contributed by atoms with Crippen LogP contribution in [0.1, 0.15) is 47.0 Å². The summed E-state index contributed by atoms with van der Waals surface area (Å²) in [5, 5.41) is 2.44. The molecule has 0 unspecified atom stereocenters. The molecule has 0 saturated carbocycles. The minimum Gasteiger partial charge on any atom is -0.464 e. The molecule has 1 N–H and O–H groups in total. The van der Waals surface area contributed by atoms with Crippen LogP contribution < -0.4 is 5.32 Å². The third-order valence-corrected chi connectivity index (χ3v) is 2.23. The van der Waals surface area contributed by atoms with Gasteiger partial charge in [0.05, 0.1) is 13.2 Å². The Morgan fingerprint density at radius 3 is 2.33 bits per heavy atom. The maximum Gasteiger partial charge on any atom is 0.407 e. The summed E-state index contributed by atoms with van der Waals surface area (Å²) in [6, 6.07) is -0.675. The van der Waals surface area contributed by atoms with E-state index >= 15 is 0 Å². The van der Waals surface area contributed by atoms with Crippen molar-refractivity contribution in [1.82, 2.24) is 5.32 Å². The van der Waals surface area contributed by atoms with E-state index in [1.165, 1.54) is 0 Å². The fourth-order valence-electron chi connectivity index (χ4n) is 1.17. The van der Waals surface area contributed by atoms with Gasteiger partial charge in [-0.2, -0.15) is 0 Å². The topological polar surface area (TPSA) is 64.6 Å². The molecule has 0 aliphatic rings. The highest BCUT2D eigenvalue weighted by Gasteiger charge is 2.17. The third-order valence-electron chi connectivity index (χ3n) is 2.23. The first-order chi connectivity index (χ1) is 8.47. The Morgan fingerprint density at radius 2 is 1.78 bits per heavy atom. The molecule has 0 aliphatic heterocycles. The summed E-state index contributed by atoms with van der Waals surface area (Å²) >= 11 is 0. The number of hydrogen-bond acceptors (Lipinski definition) is 4. The molecule has 0 bridgehead atoms. The highest BCUT2D eigenvalue weighted by molar-refractivity contribution is 5.80. The first kappa shape index (κ1) is 16.7. The van der Waals surface area contributed by atoms with Gasteiger partial charge in [-0.15, -0.1) is 0 Å². The molecule has 1 amide bonds. The van der Waals surface area contributed by atoms with Gasteiger partial charge in [0.25, 0.3) is 0 Å². The SMILES string of the molecule is CCCCCOC(=O)[C@H](C)NC(=O)OCC(C)C. The second-order valence-electron chi connectivity index (χ2n) is 4.73. The third kappa shape index (κ3) is 8.84. The zero-order valence-electron chi connectivity index (χ0n) is 11.8. The highest BCUT2D eigenvalue weighted by atomic mass is 16.6. The Kier molecular flexibility index (Phi) is 9.06. The van der Waals surface area contributed by atoms with Crippen LogP contribution in [0.5, 0.6) is 0 Å². The van der Waals surface area contributed by atoms with E-state index in [2.05, 4.69) is 12.2 Å². The van der Waals surface area contributed by atoms with Gasteiger partial charge >= 0.3 is 12.1 Å². The minimum atomic E-state index is -0.675. The van der Waals surface area contributed by atoms with Crippen LogP contribution >= 0.6 is 0 Å². The Labute approximate surface area is 109 Å². The predicted octanol–water partition coefficient (Wildman–Crippen LogP) is 2.49. The fourth-order valence-corrected chi connectivity index (χ4v) is 1.17. The standard InChI is InChI=1S/C13H25NO4/c1-5-6-7-8-17-12(15)11(4)14-13(16)18-9-10(2)3/h10-11H,5-9H2,1-4H3,(H,14,16)/t11-/m0/s1. The Morgan fingerprint density at radius 1 is 1.11 bits per heavy atom. The van der Waals surface area contributed by atoms with Crippen molar-refractivity contribution in [3.8, 4) is 0 Å². The predicted molar refractivity (Wildman–Crippen MR) is 69.3 cm³/mol. The van der Waals surface area contributed by atoms with Crippen LogP contribution in [-0.4, -0.2) is 31.3 Å². The molecule has 0 rings (SSSR count). The Hall–Kier alpha value is -1.26. The second-order valence-corrected chi connectivity index (χ2v) is 4.73. The molecule has 5 heteroatoms. The number of alkyl carbamates (subject to hydrolysis) is 1. The molecule has 0 heterocycles. The van der Waals surface area contributed by atoms with Gasteiger partial charge < -0.3 is 14.8 Å². The van der Waals surface area contributed by atoms with E-state index < -0.39 is 18.1 Å². The van der Waals surface area contributed by atoms with Gasteiger partial charge in [0.1, 0.15) is 6.04 Å². The summed E-state index contributed by atoms with van der Waals surface area (Å²) in [4.78, 5) is 22.8. The van der Waals surface area contributed by atoms with Crippen LogP contribution in [-0.2, 0) is 14.3 Å². The Bertz CT molecular complexity index is 253. The number of rotatable bonds is 8. The van der Waals surface area contributed by atoms with E-state index in [0.29, 0.717) is 13.2 Å². The number of carbonyl (C=O) groups is 2. The summed E-state index contributed by atoms with van der Waals surface area (Å²) in [5.41, 5.74) is 0. The van der Waals surface area contributed by atoms with Gasteiger partial charge in [-0.1, -0.05) is 33.6 Å². The van der Waals surface area contributed by atoms with Gasteiger partial charge in [-0.25, -0.2) is 9.59 Å². The van der Waals surface area contributed by atoms with Crippen molar-refractivity contribution < 1.29 is 19.1 Å². The first-order valence-corrected chi connectivity index (χ1v) is 6.57. The molecule has 18 heavy (non-hydrogen) atoms. The highest BCUT2D eigenvalue weighted by Crippen LogP contribution is 1.97. The van der Waals surface area contributed by atoms with Crippen LogP contribution in [0.4, 0.5) is 4.79 Å². The largest absolute Gasteiger partial charge is 0.464 e. The fraction of sp³-hybridized carbons (Fsp3) is 0.846. The van der Waals surface area contributed by atoms with Gasteiger partial charge in [0.15, 0.2) is 0 Å². The normalized spacial score (nSPS) is 12.1. The molecule has 0 spiro atoms. The first-order valence-electron chi connectivity index (χ1n) is 6.57. The number of amides is 1. The quantitative estimate of drug-likeness (QED) is 0.537. The number of ether oxygens (including phenoxy) is 2. The van der Waals surface area contributed by atoms with Gasteiger partial charge in [0.2, 0.25) is 0 Å². The Balaban J connectivity index is 3.75. The van der Waals surface area contributed by atoms with Crippen LogP contribution in [0.15, 0.2) is 0 Å². The van der Waals surface area contributed by atoms with Crippen LogP contribution in [0.3, 0.4) is 0 Å². The maximum atomic E-state index is 11.5. The van der Waals surface area contributed by atoms with Gasteiger partial charge in [0, 0.05) is 0 Å². The van der Waals surface area contributed by atoms with E-state index in [9.17, 15) is 9.59 Å². The minimum absolute atomic E-state index is 0.270. The molecule has 0 fully saturated rings. The zero-order chi connectivity index (χ0) is 14.0. The molecule has 0 aliphatic carbocycles. The van der Waals surface area contributed by atoms with E-state index in [-0.39, 0.29) is 5.92 Å². The molecule has 0 radical (unpaired) electrons. The van der Waals surface area contributed by atoms with E-state index in [1.54, 1.807) is 6.92 Å². The van der Waals surface area contributed by atoms with E-state index in [1.807, 2.05) is 13.8 Å². The zero-order valence-corrected chi connectivity index (χ0v) is 11.8. The van der Waals surface area contributed by atoms with E-state index in [4.69, 9.17) is 9.47 Å². The van der Waals surface area contributed by atoms with Crippen molar-refractivity contribution in [2.75, 3.05) is 13.2 Å². The lowest BCUT2D eigenvalue weighted by molar-refractivity contribution is -0.145. The molecular weight excluding hydrogens is 234 g/mol. The van der Waals surface area contributed by atoms with Crippen LogP contribution in [0.25, 0.3) is 0 Å². The number of hydrogen-bond donors (Lipinski definition) is 1. The monoisotopic (exact) mass is 259 g/mol. The van der Waals surface area contributed by atoms with Crippen LogP contribution in [0.2, 0.25) is 0 Å². The van der Waals surface area contributed by atoms with Crippen molar-refractivity contribution >= 4 is 12.1 Å². The lowest BCUT2D eigenvalue weighted by Crippen LogP contribution is -2.40. The average Bonchev–Trinajstić information content (AvgIpc) is 2.31. The molecule has 0 aromatic carbocycles. The van der Waals surface area contributed by atoms with Crippen molar-refractivity contribution in [2.24, 2.45) is 5.92 Å². The lowest BCUT2D eigenvalue weighted by atomic mass is 10.2. The summed E-state index contributed by atoms with van der Waals surface area (Å²) in [5.74, 6) is -0.153. The van der Waals surface area contributed by atoms with Gasteiger partial charge in [-0.3, -0.25) is 0 Å². The van der Waals surface area contributed by atoms with Crippen LogP contribution in [0, 0.1) is 5.92 Å². The number of unbranched alkanes of at least 4 members (excludes halogenated alkanes) is 2. The number of carbonyl (C=O) groups excluding carboxylic acids is 2. The summed E-state index contributed by atoms with van der Waals surface area (Å²) in [6.45, 7) is 8.29. The number of esters is 1. The number of nitrogens with one attached hydrogen (secondary N) is 1. The van der Waals surface area contributed by atoms with Crippen molar-refractivity contribution in [3.63, 3.8) is 0 Å². The lowest BCUT2D eigenvalue weighted by Gasteiger charge is -2.14. The smallest absolute Gasteiger partial charge is 0.407 e. The van der Waals surface area contributed by atoms with E-state index in [0.717, 1.165) is 19.3 Å². The molecular formula is C13H25NO4. The average molecular weight is 259 g/mol. The van der Waals surface area contributed by atoms with Crippen molar-refractivity contribution in [2.45, 2.75) is 53.0 Å². The second kappa shape index (κ2) is 9.74. The van der Waals surface area contributed by atoms with Crippen molar-refractivity contribution in [3.05, 3.63) is 0 Å². The molecule has 0 aromatic heterocycles. The summed E-state index contributed by atoms with van der Waals surface area (Å²) in [6.07, 6.45) is 2.38. The molecule has 106 valence electrons. The molecule has 0 aromatic rings. The van der Waals surface area contributed by atoms with Gasteiger partial charge in [-0.05, 0) is 19.3 Å². The molecule has 0 saturated heterocycles. The summed E-state index contributed by atoms with van der Waals surface area (Å²) < 4.78 is 9.93. The van der Waals surface area contributed by atoms with Crippen molar-refractivity contribution in [1.29, 1.82) is 0 Å². The summed E-state index contributed by atoms with van der Waals surface area (Å²) in [7, 11) is 0. The molecule has 5 nitrogen and oxygen atoms in total.